The van der Waals surface area contributed by atoms with Crippen LogP contribution in [0.15, 0.2) is 61.1 Å². The first kappa shape index (κ1) is 32.8. The lowest BCUT2D eigenvalue weighted by Gasteiger charge is -2.38. The number of ether oxygens (including phenoxy) is 2. The van der Waals surface area contributed by atoms with Crippen LogP contribution in [0.2, 0.25) is 0 Å². The number of piperazine rings is 1. The Hall–Kier alpha value is -4.55. The molecule has 2 amide bonds. The normalized spacial score (nSPS) is 16.6. The van der Waals surface area contributed by atoms with E-state index in [0.29, 0.717) is 23.5 Å². The number of amides is 2. The van der Waals surface area contributed by atoms with Crippen molar-refractivity contribution in [3.8, 4) is 5.75 Å². The molecular formula is C34H42N6O6. The van der Waals surface area contributed by atoms with Crippen molar-refractivity contribution in [3.63, 3.8) is 0 Å². The number of hydroxylamine groups is 2. The number of rotatable bonds is 12. The zero-order valence-electron chi connectivity index (χ0n) is 26.8. The SMILES string of the molecule is C[C@H](c1ccc(COc2cccc3c2CN(OC(CCC(=O)OC(C)(C)C)C(N)=O)C3=O)cc1)N1CCN(c2ccncn2)CC1. The van der Waals surface area contributed by atoms with E-state index in [1.54, 1.807) is 51.5 Å². The summed E-state index contributed by atoms with van der Waals surface area (Å²) in [5.74, 6) is -0.133. The van der Waals surface area contributed by atoms with Crippen molar-refractivity contribution >= 4 is 23.6 Å². The molecule has 0 spiro atoms. The van der Waals surface area contributed by atoms with Crippen molar-refractivity contribution in [2.45, 2.75) is 71.4 Å². The van der Waals surface area contributed by atoms with Gasteiger partial charge in [-0.1, -0.05) is 30.3 Å². The molecule has 0 aliphatic carbocycles. The van der Waals surface area contributed by atoms with Gasteiger partial charge in [-0.05, 0) is 63.4 Å². The number of fused-ring (bicyclic) bond motifs is 1. The Morgan fingerprint density at radius 2 is 1.76 bits per heavy atom. The van der Waals surface area contributed by atoms with Crippen LogP contribution in [-0.4, -0.2) is 75.6 Å². The third kappa shape index (κ3) is 8.18. The maximum Gasteiger partial charge on any atom is 0.306 e. The molecule has 5 rings (SSSR count). The number of aromatic nitrogens is 2. The highest BCUT2D eigenvalue weighted by Gasteiger charge is 2.34. The molecule has 1 unspecified atom stereocenters. The van der Waals surface area contributed by atoms with Gasteiger partial charge in [0.1, 0.15) is 30.1 Å². The van der Waals surface area contributed by atoms with Crippen molar-refractivity contribution < 1.29 is 28.7 Å². The highest BCUT2D eigenvalue weighted by molar-refractivity contribution is 5.98. The number of hydrogen-bond donors (Lipinski definition) is 1. The van der Waals surface area contributed by atoms with Crippen molar-refractivity contribution in [1.82, 2.24) is 19.9 Å². The Morgan fingerprint density at radius 3 is 2.41 bits per heavy atom. The van der Waals surface area contributed by atoms with Crippen LogP contribution in [-0.2, 0) is 32.3 Å². The summed E-state index contributed by atoms with van der Waals surface area (Å²) in [6, 6.07) is 15.9. The first-order valence-electron chi connectivity index (χ1n) is 15.6. The van der Waals surface area contributed by atoms with Crippen LogP contribution in [0, 0.1) is 0 Å². The van der Waals surface area contributed by atoms with Crippen LogP contribution in [0.3, 0.4) is 0 Å². The van der Waals surface area contributed by atoms with Crippen molar-refractivity contribution in [3.05, 3.63) is 83.3 Å². The van der Waals surface area contributed by atoms with Crippen LogP contribution in [0.1, 0.15) is 73.6 Å². The van der Waals surface area contributed by atoms with E-state index >= 15 is 0 Å². The fraction of sp³-hybridized carbons (Fsp3) is 0.441. The molecule has 3 heterocycles. The number of hydrogen-bond acceptors (Lipinski definition) is 10. The summed E-state index contributed by atoms with van der Waals surface area (Å²) in [7, 11) is 0. The number of nitrogens with zero attached hydrogens (tertiary/aromatic N) is 5. The van der Waals surface area contributed by atoms with Crippen LogP contribution in [0.25, 0.3) is 0 Å². The number of anilines is 1. The summed E-state index contributed by atoms with van der Waals surface area (Å²) in [5, 5.41) is 1.10. The second-order valence-corrected chi connectivity index (χ2v) is 12.5. The van der Waals surface area contributed by atoms with Gasteiger partial charge in [0.15, 0.2) is 6.10 Å². The molecule has 2 aromatic carbocycles. The molecule has 1 saturated heterocycles. The topological polar surface area (TPSA) is 140 Å². The smallest absolute Gasteiger partial charge is 0.306 e. The van der Waals surface area contributed by atoms with E-state index in [4.69, 9.17) is 20.0 Å². The van der Waals surface area contributed by atoms with Gasteiger partial charge in [0.05, 0.1) is 12.1 Å². The van der Waals surface area contributed by atoms with Crippen LogP contribution in [0.4, 0.5) is 5.82 Å². The predicted octanol–water partition coefficient (Wildman–Crippen LogP) is 3.80. The minimum Gasteiger partial charge on any atom is -0.489 e. The summed E-state index contributed by atoms with van der Waals surface area (Å²) in [6.45, 7) is 11.6. The number of primary amides is 1. The summed E-state index contributed by atoms with van der Waals surface area (Å²) < 4.78 is 11.5. The maximum absolute atomic E-state index is 13.1. The third-order valence-corrected chi connectivity index (χ3v) is 8.10. The molecule has 244 valence electrons. The summed E-state index contributed by atoms with van der Waals surface area (Å²) in [4.78, 5) is 56.2. The standard InChI is InChI=1S/C34H42N6O6/c1-23(38-16-18-39(19-17-38)30-14-15-36-22-37-30)25-10-8-24(9-11-25)21-44-28-7-5-6-26-27(28)20-40(33(26)43)46-29(32(35)42)12-13-31(41)45-34(2,3)4/h5-11,14-15,22-23,29H,12-13,16-21H2,1-4H3,(H2,35,42)/t23-,29?/m1/s1. The molecule has 0 radical (unpaired) electrons. The molecule has 3 aromatic rings. The predicted molar refractivity (Wildman–Crippen MR) is 170 cm³/mol. The molecule has 0 saturated carbocycles. The molecule has 2 aliphatic heterocycles. The Labute approximate surface area is 269 Å². The van der Waals surface area contributed by atoms with Gasteiger partial charge in [-0.25, -0.2) is 15.0 Å². The molecule has 12 nitrogen and oxygen atoms in total. The molecule has 2 N–H and O–H groups in total. The van der Waals surface area contributed by atoms with Gasteiger partial charge in [-0.3, -0.25) is 24.1 Å². The largest absolute Gasteiger partial charge is 0.489 e. The van der Waals surface area contributed by atoms with Gasteiger partial charge in [-0.2, -0.15) is 0 Å². The summed E-state index contributed by atoms with van der Waals surface area (Å²) in [5.41, 5.74) is 8.19. The molecule has 2 atom stereocenters. The number of carbonyl (C=O) groups excluding carboxylic acids is 3. The quantitative estimate of drug-likeness (QED) is 0.294. The molecule has 0 bridgehead atoms. The number of esters is 1. The van der Waals surface area contributed by atoms with E-state index in [1.165, 1.54) is 5.56 Å². The lowest BCUT2D eigenvalue weighted by Crippen LogP contribution is -2.47. The first-order chi connectivity index (χ1) is 22.0. The Balaban J connectivity index is 1.14. The Kier molecular flexibility index (Phi) is 10.2. The monoisotopic (exact) mass is 630 g/mol. The fourth-order valence-corrected chi connectivity index (χ4v) is 5.61. The molecule has 2 aliphatic rings. The second kappa shape index (κ2) is 14.3. The van der Waals surface area contributed by atoms with Gasteiger partial charge >= 0.3 is 5.97 Å². The average Bonchev–Trinajstić information content (AvgIpc) is 3.36. The summed E-state index contributed by atoms with van der Waals surface area (Å²) >= 11 is 0. The Bertz CT molecular complexity index is 1520. The molecular weight excluding hydrogens is 588 g/mol. The van der Waals surface area contributed by atoms with Crippen LogP contribution < -0.4 is 15.4 Å². The number of carbonyl (C=O) groups is 3. The van der Waals surface area contributed by atoms with Gasteiger partial charge in [0.2, 0.25) is 5.91 Å². The molecule has 46 heavy (non-hydrogen) atoms. The highest BCUT2D eigenvalue weighted by atomic mass is 16.7. The van der Waals surface area contributed by atoms with E-state index in [9.17, 15) is 14.4 Å². The molecule has 12 heteroatoms. The average molecular weight is 631 g/mol. The van der Waals surface area contributed by atoms with Gasteiger partial charge in [0, 0.05) is 50.4 Å². The van der Waals surface area contributed by atoms with E-state index in [1.807, 2.05) is 6.07 Å². The first-order valence-corrected chi connectivity index (χ1v) is 15.6. The third-order valence-electron chi connectivity index (χ3n) is 8.10. The lowest BCUT2D eigenvalue weighted by atomic mass is 10.0. The zero-order chi connectivity index (χ0) is 32.8. The van der Waals surface area contributed by atoms with E-state index in [0.717, 1.165) is 42.6 Å². The highest BCUT2D eigenvalue weighted by Crippen LogP contribution is 2.32. The zero-order valence-corrected chi connectivity index (χ0v) is 26.8. The Morgan fingerprint density at radius 1 is 1.02 bits per heavy atom. The summed E-state index contributed by atoms with van der Waals surface area (Å²) in [6.07, 6.45) is 2.10. The minimum absolute atomic E-state index is 0.0123. The van der Waals surface area contributed by atoms with E-state index in [2.05, 4.69) is 51.0 Å². The van der Waals surface area contributed by atoms with Crippen molar-refractivity contribution in [2.24, 2.45) is 5.73 Å². The van der Waals surface area contributed by atoms with E-state index in [-0.39, 0.29) is 25.4 Å². The van der Waals surface area contributed by atoms with Gasteiger partial charge < -0.3 is 20.1 Å². The van der Waals surface area contributed by atoms with Crippen LogP contribution >= 0.6 is 0 Å². The van der Waals surface area contributed by atoms with Crippen molar-refractivity contribution in [1.29, 1.82) is 0 Å². The molecule has 1 aromatic heterocycles. The van der Waals surface area contributed by atoms with Crippen LogP contribution in [0.5, 0.6) is 5.75 Å². The maximum atomic E-state index is 13.1. The number of nitrogens with two attached hydrogens (primary N) is 1. The fourth-order valence-electron chi connectivity index (χ4n) is 5.61. The second-order valence-electron chi connectivity index (χ2n) is 12.5. The van der Waals surface area contributed by atoms with Gasteiger partial charge in [-0.15, -0.1) is 0 Å². The minimum atomic E-state index is -1.17. The number of benzene rings is 2. The van der Waals surface area contributed by atoms with E-state index < -0.39 is 29.5 Å². The van der Waals surface area contributed by atoms with Gasteiger partial charge in [0.25, 0.3) is 5.91 Å². The van der Waals surface area contributed by atoms with Crippen molar-refractivity contribution in [2.75, 3.05) is 31.1 Å². The molecule has 1 fully saturated rings. The lowest BCUT2D eigenvalue weighted by molar-refractivity contribution is -0.179.